The standard InChI is InChI=1S/C25H25F6N5O/c1-14(15-10-17(24(26,27)28)12-18(11-15)25(29,30)31)37-21-9-8-20-19(22-33-35-36(2)34-22)13-23(21,32-20)16-6-4-3-5-7-16/h3-7,10-12,14,19-21,32H,8-9,13H2,1-2H3. The van der Waals surface area contributed by atoms with E-state index in [1.165, 1.54) is 11.7 Å². The van der Waals surface area contributed by atoms with Crippen molar-refractivity contribution in [3.63, 3.8) is 0 Å². The van der Waals surface area contributed by atoms with Gasteiger partial charge in [0.1, 0.15) is 0 Å². The number of hydrogen-bond acceptors (Lipinski definition) is 5. The van der Waals surface area contributed by atoms with Crippen LogP contribution in [0.1, 0.15) is 66.3 Å². The fourth-order valence-electron chi connectivity index (χ4n) is 5.62. The highest BCUT2D eigenvalue weighted by atomic mass is 19.4. The van der Waals surface area contributed by atoms with Crippen LogP contribution in [0.3, 0.4) is 0 Å². The third kappa shape index (κ3) is 4.84. The third-order valence-electron chi connectivity index (χ3n) is 7.35. The minimum absolute atomic E-state index is 0.0185. The number of halogens is 6. The van der Waals surface area contributed by atoms with Crippen LogP contribution in [-0.4, -0.2) is 32.4 Å². The van der Waals surface area contributed by atoms with Crippen LogP contribution < -0.4 is 5.32 Å². The maximum atomic E-state index is 13.4. The predicted molar refractivity (Wildman–Crippen MR) is 120 cm³/mol. The molecule has 2 fully saturated rings. The first-order chi connectivity index (χ1) is 17.4. The molecule has 2 aliphatic heterocycles. The Morgan fingerprint density at radius 1 is 1.00 bits per heavy atom. The fourth-order valence-corrected chi connectivity index (χ4v) is 5.62. The zero-order chi connectivity index (χ0) is 26.6. The number of benzene rings is 2. The minimum atomic E-state index is -4.93. The summed E-state index contributed by atoms with van der Waals surface area (Å²) in [5, 5.41) is 16.2. The molecular formula is C25H25F6N5O. The van der Waals surface area contributed by atoms with Crippen LogP contribution in [0.25, 0.3) is 0 Å². The van der Waals surface area contributed by atoms with Crippen LogP contribution in [-0.2, 0) is 29.7 Å². The number of aryl methyl sites for hydroxylation is 1. The molecule has 0 amide bonds. The molecular weight excluding hydrogens is 500 g/mol. The van der Waals surface area contributed by atoms with E-state index >= 15 is 0 Å². The molecule has 0 radical (unpaired) electrons. The molecule has 1 N–H and O–H groups in total. The molecule has 0 saturated carbocycles. The number of hydrogen-bond donors (Lipinski definition) is 1. The Balaban J connectivity index is 1.50. The predicted octanol–water partition coefficient (Wildman–Crippen LogP) is 5.53. The van der Waals surface area contributed by atoms with Gasteiger partial charge in [0.25, 0.3) is 0 Å². The molecule has 5 rings (SSSR count). The van der Waals surface area contributed by atoms with Crippen molar-refractivity contribution in [3.05, 3.63) is 76.6 Å². The summed E-state index contributed by atoms with van der Waals surface area (Å²) in [6.07, 6.45) is -9.63. The largest absolute Gasteiger partial charge is 0.416 e. The lowest BCUT2D eigenvalue weighted by Gasteiger charge is -2.43. The van der Waals surface area contributed by atoms with Crippen molar-refractivity contribution < 1.29 is 31.1 Å². The maximum absolute atomic E-state index is 13.4. The molecule has 2 aliphatic rings. The van der Waals surface area contributed by atoms with Crippen molar-refractivity contribution in [2.24, 2.45) is 7.05 Å². The van der Waals surface area contributed by atoms with Gasteiger partial charge >= 0.3 is 12.4 Å². The van der Waals surface area contributed by atoms with Gasteiger partial charge in [-0.15, -0.1) is 10.2 Å². The summed E-state index contributed by atoms with van der Waals surface area (Å²) in [7, 11) is 1.68. The lowest BCUT2D eigenvalue weighted by molar-refractivity contribution is -0.143. The smallest absolute Gasteiger partial charge is 0.368 e. The number of rotatable bonds is 5. The van der Waals surface area contributed by atoms with Gasteiger partial charge in [-0.25, -0.2) is 0 Å². The van der Waals surface area contributed by atoms with E-state index in [-0.39, 0.29) is 23.6 Å². The summed E-state index contributed by atoms with van der Waals surface area (Å²) in [6.45, 7) is 1.48. The van der Waals surface area contributed by atoms with Crippen molar-refractivity contribution in [2.45, 2.75) is 68.2 Å². The summed E-state index contributed by atoms with van der Waals surface area (Å²) in [6, 6.07) is 11.1. The Hall–Kier alpha value is -2.99. The van der Waals surface area contributed by atoms with E-state index in [0.29, 0.717) is 25.1 Å². The number of nitrogens with zero attached hydrogens (tertiary/aromatic N) is 4. The van der Waals surface area contributed by atoms with Crippen LogP contribution >= 0.6 is 0 Å². The quantitative estimate of drug-likeness (QED) is 0.444. The van der Waals surface area contributed by atoms with Crippen molar-refractivity contribution >= 4 is 0 Å². The molecule has 2 bridgehead atoms. The second kappa shape index (κ2) is 9.09. The topological polar surface area (TPSA) is 64.9 Å². The normalized spacial score (nSPS) is 26.9. The lowest BCUT2D eigenvalue weighted by atomic mass is 9.79. The van der Waals surface area contributed by atoms with E-state index in [9.17, 15) is 26.3 Å². The molecule has 2 aromatic carbocycles. The van der Waals surface area contributed by atoms with Crippen molar-refractivity contribution in [2.75, 3.05) is 0 Å². The molecule has 198 valence electrons. The molecule has 3 heterocycles. The molecule has 37 heavy (non-hydrogen) atoms. The van der Waals surface area contributed by atoms with Gasteiger partial charge in [-0.2, -0.15) is 31.1 Å². The highest BCUT2D eigenvalue weighted by Crippen LogP contribution is 2.51. The maximum Gasteiger partial charge on any atom is 0.416 e. The van der Waals surface area contributed by atoms with Crippen LogP contribution in [0.2, 0.25) is 0 Å². The number of alkyl halides is 6. The van der Waals surface area contributed by atoms with E-state index in [0.717, 1.165) is 17.7 Å². The van der Waals surface area contributed by atoms with Crippen molar-refractivity contribution in [1.29, 1.82) is 0 Å². The molecule has 1 aromatic heterocycles. The van der Waals surface area contributed by atoms with E-state index in [4.69, 9.17) is 4.74 Å². The Labute approximate surface area is 209 Å². The molecule has 12 heteroatoms. The molecule has 5 unspecified atom stereocenters. The summed E-state index contributed by atoms with van der Waals surface area (Å²) >= 11 is 0. The highest BCUT2D eigenvalue weighted by Gasteiger charge is 2.56. The van der Waals surface area contributed by atoms with Crippen molar-refractivity contribution in [1.82, 2.24) is 25.5 Å². The first-order valence-electron chi connectivity index (χ1n) is 11.9. The first-order valence-corrected chi connectivity index (χ1v) is 11.9. The summed E-state index contributed by atoms with van der Waals surface area (Å²) in [5.41, 5.74) is -2.71. The number of piperidine rings is 1. The van der Waals surface area contributed by atoms with Gasteiger partial charge in [0.15, 0.2) is 5.82 Å². The number of ether oxygens (including phenoxy) is 1. The number of aromatic nitrogens is 4. The molecule has 6 nitrogen and oxygen atoms in total. The monoisotopic (exact) mass is 525 g/mol. The Morgan fingerprint density at radius 2 is 1.65 bits per heavy atom. The van der Waals surface area contributed by atoms with E-state index in [2.05, 4.69) is 20.7 Å². The summed E-state index contributed by atoms with van der Waals surface area (Å²) in [5.74, 6) is 0.502. The molecule has 0 spiro atoms. The van der Waals surface area contributed by atoms with Gasteiger partial charge < -0.3 is 10.1 Å². The number of nitrogens with one attached hydrogen (secondary N) is 1. The fraction of sp³-hybridized carbons (Fsp3) is 0.480. The van der Waals surface area contributed by atoms with E-state index in [1.807, 2.05) is 30.3 Å². The van der Waals surface area contributed by atoms with Crippen LogP contribution in [0, 0.1) is 0 Å². The minimum Gasteiger partial charge on any atom is -0.368 e. The van der Waals surface area contributed by atoms with Gasteiger partial charge in [-0.1, -0.05) is 30.3 Å². The zero-order valence-corrected chi connectivity index (χ0v) is 20.0. The summed E-state index contributed by atoms with van der Waals surface area (Å²) < 4.78 is 86.9. The van der Waals surface area contributed by atoms with Gasteiger partial charge in [0.2, 0.25) is 0 Å². The molecule has 3 aromatic rings. The first kappa shape index (κ1) is 25.7. The Morgan fingerprint density at radius 3 is 2.22 bits per heavy atom. The average molecular weight is 525 g/mol. The van der Waals surface area contributed by atoms with Gasteiger partial charge in [0.05, 0.1) is 35.9 Å². The van der Waals surface area contributed by atoms with Crippen LogP contribution in [0.15, 0.2) is 48.5 Å². The zero-order valence-electron chi connectivity index (χ0n) is 20.0. The van der Waals surface area contributed by atoms with Gasteiger partial charge in [-0.3, -0.25) is 0 Å². The third-order valence-corrected chi connectivity index (χ3v) is 7.35. The second-order valence-electron chi connectivity index (χ2n) is 9.72. The van der Waals surface area contributed by atoms with E-state index in [1.54, 1.807) is 7.05 Å². The van der Waals surface area contributed by atoms with Gasteiger partial charge in [0, 0.05) is 12.0 Å². The Bertz CT molecular complexity index is 1230. The number of fused-ring (bicyclic) bond motifs is 2. The SMILES string of the molecule is CC(OC1CCC2NC1(c1ccccc1)CC2c1nnn(C)n1)c1cc(C(F)(F)F)cc(C(F)(F)F)c1. The highest BCUT2D eigenvalue weighted by molar-refractivity contribution is 5.36. The lowest BCUT2D eigenvalue weighted by Crippen LogP contribution is -2.54. The van der Waals surface area contributed by atoms with Crippen LogP contribution in [0.4, 0.5) is 26.3 Å². The van der Waals surface area contributed by atoms with Gasteiger partial charge in [-0.05, 0) is 60.7 Å². The summed E-state index contributed by atoms with van der Waals surface area (Å²) in [4.78, 5) is 1.38. The van der Waals surface area contributed by atoms with Crippen LogP contribution in [0.5, 0.6) is 0 Å². The van der Waals surface area contributed by atoms with Crippen molar-refractivity contribution in [3.8, 4) is 0 Å². The molecule has 0 aliphatic carbocycles. The molecule has 2 saturated heterocycles. The average Bonchev–Trinajstić information content (AvgIpc) is 3.41. The number of tetrazole rings is 1. The molecule has 5 atom stereocenters. The van der Waals surface area contributed by atoms with E-state index < -0.39 is 41.2 Å². The Kier molecular flexibility index (Phi) is 6.30. The second-order valence-corrected chi connectivity index (χ2v) is 9.72.